The summed E-state index contributed by atoms with van der Waals surface area (Å²) >= 11 is 0. The number of halogens is 1. The van der Waals surface area contributed by atoms with Crippen molar-refractivity contribution in [2.45, 2.75) is 19.8 Å². The summed E-state index contributed by atoms with van der Waals surface area (Å²) in [5, 5.41) is 0. The normalized spacial score (nSPS) is 11.2. The van der Waals surface area contributed by atoms with Gasteiger partial charge in [-0.3, -0.25) is 4.79 Å². The van der Waals surface area contributed by atoms with Crippen molar-refractivity contribution in [1.29, 1.82) is 0 Å². The van der Waals surface area contributed by atoms with Gasteiger partial charge in [0, 0.05) is 11.6 Å². The summed E-state index contributed by atoms with van der Waals surface area (Å²) in [6, 6.07) is 7.57. The van der Waals surface area contributed by atoms with E-state index in [1.165, 1.54) is 12.1 Å². The summed E-state index contributed by atoms with van der Waals surface area (Å²) in [5.74, 6) is 0.512. The van der Waals surface area contributed by atoms with Crippen molar-refractivity contribution in [3.05, 3.63) is 47.6 Å². The number of hydrogen-bond donors (Lipinski definition) is 0. The van der Waals surface area contributed by atoms with Crippen molar-refractivity contribution >= 4 is 17.4 Å². The average molecular weight is 284 g/mol. The minimum Gasteiger partial charge on any atom is -0.450 e. The first-order valence-electron chi connectivity index (χ1n) is 6.61. The number of rotatable bonds is 3. The molecule has 2 aromatic heterocycles. The molecule has 0 atom stereocenters. The zero-order valence-electron chi connectivity index (χ0n) is 11.6. The van der Waals surface area contributed by atoms with E-state index in [4.69, 9.17) is 4.42 Å². The molecule has 106 valence electrons. The standard InChI is InChI=1S/C16H13FN2O2/c1-9(2)14-15-13(7-12(8-20)21-15)18-16(19-14)10-3-5-11(17)6-4-10/h3-9H,1-2H3. The van der Waals surface area contributed by atoms with Gasteiger partial charge in [-0.25, -0.2) is 14.4 Å². The van der Waals surface area contributed by atoms with Crippen LogP contribution in [0.1, 0.15) is 36.0 Å². The number of aldehydes is 1. The van der Waals surface area contributed by atoms with E-state index in [0.29, 0.717) is 28.8 Å². The summed E-state index contributed by atoms with van der Waals surface area (Å²) < 4.78 is 18.5. The van der Waals surface area contributed by atoms with Crippen LogP contribution in [0.15, 0.2) is 34.7 Å². The van der Waals surface area contributed by atoms with Gasteiger partial charge >= 0.3 is 0 Å². The van der Waals surface area contributed by atoms with E-state index in [1.807, 2.05) is 13.8 Å². The highest BCUT2D eigenvalue weighted by molar-refractivity contribution is 5.85. The molecule has 1 aromatic carbocycles. The lowest BCUT2D eigenvalue weighted by Gasteiger charge is -2.07. The second kappa shape index (κ2) is 5.09. The molecule has 0 aliphatic carbocycles. The van der Waals surface area contributed by atoms with Gasteiger partial charge in [-0.15, -0.1) is 0 Å². The molecule has 21 heavy (non-hydrogen) atoms. The zero-order chi connectivity index (χ0) is 15.0. The van der Waals surface area contributed by atoms with Crippen LogP contribution in [0.25, 0.3) is 22.5 Å². The number of nitrogens with zero attached hydrogens (tertiary/aromatic N) is 2. The predicted molar refractivity (Wildman–Crippen MR) is 76.7 cm³/mol. The molecule has 0 amide bonds. The second-order valence-corrected chi connectivity index (χ2v) is 5.08. The summed E-state index contributed by atoms with van der Waals surface area (Å²) in [5.41, 5.74) is 2.55. The Kier molecular flexibility index (Phi) is 3.25. The number of furan rings is 1. The number of aromatic nitrogens is 2. The Morgan fingerprint density at radius 2 is 1.90 bits per heavy atom. The third-order valence-electron chi connectivity index (χ3n) is 3.18. The smallest absolute Gasteiger partial charge is 0.185 e. The van der Waals surface area contributed by atoms with Crippen LogP contribution in [0.2, 0.25) is 0 Å². The van der Waals surface area contributed by atoms with Gasteiger partial charge in [-0.2, -0.15) is 0 Å². The van der Waals surface area contributed by atoms with Crippen molar-refractivity contribution in [3.63, 3.8) is 0 Å². The number of carbonyl (C=O) groups excluding carboxylic acids is 1. The molecule has 0 unspecified atom stereocenters. The van der Waals surface area contributed by atoms with E-state index in [-0.39, 0.29) is 17.5 Å². The largest absolute Gasteiger partial charge is 0.450 e. The monoisotopic (exact) mass is 284 g/mol. The van der Waals surface area contributed by atoms with Crippen LogP contribution in [0.3, 0.4) is 0 Å². The third kappa shape index (κ3) is 2.42. The topological polar surface area (TPSA) is 56.0 Å². The summed E-state index contributed by atoms with van der Waals surface area (Å²) in [6.45, 7) is 3.97. The Hall–Kier alpha value is -2.56. The molecule has 0 aliphatic heterocycles. The van der Waals surface area contributed by atoms with Crippen molar-refractivity contribution in [2.75, 3.05) is 0 Å². The molecule has 0 N–H and O–H groups in total. The fourth-order valence-corrected chi connectivity index (χ4v) is 2.15. The van der Waals surface area contributed by atoms with Gasteiger partial charge in [0.05, 0.1) is 5.69 Å². The first-order valence-corrected chi connectivity index (χ1v) is 6.61. The van der Waals surface area contributed by atoms with E-state index < -0.39 is 0 Å². The Bertz CT molecular complexity index is 807. The van der Waals surface area contributed by atoms with Gasteiger partial charge in [0.15, 0.2) is 23.5 Å². The van der Waals surface area contributed by atoms with E-state index in [0.717, 1.165) is 5.69 Å². The minimum atomic E-state index is -0.310. The molecular weight excluding hydrogens is 271 g/mol. The molecule has 0 saturated heterocycles. The lowest BCUT2D eigenvalue weighted by Crippen LogP contribution is -1.98. The summed E-state index contributed by atoms with van der Waals surface area (Å²) in [7, 11) is 0. The lowest BCUT2D eigenvalue weighted by molar-refractivity contribution is 0.110. The molecule has 3 aromatic rings. The molecule has 0 fully saturated rings. The van der Waals surface area contributed by atoms with Gasteiger partial charge in [0.2, 0.25) is 0 Å². The maximum Gasteiger partial charge on any atom is 0.185 e. The maximum atomic E-state index is 13.0. The number of hydrogen-bond acceptors (Lipinski definition) is 4. The van der Waals surface area contributed by atoms with Crippen LogP contribution in [0, 0.1) is 5.82 Å². The highest BCUT2D eigenvalue weighted by Crippen LogP contribution is 2.28. The predicted octanol–water partition coefficient (Wildman–Crippen LogP) is 3.96. The maximum absolute atomic E-state index is 13.0. The average Bonchev–Trinajstić information content (AvgIpc) is 2.89. The van der Waals surface area contributed by atoms with Gasteiger partial charge in [-0.05, 0) is 30.2 Å². The SMILES string of the molecule is CC(C)c1nc(-c2ccc(F)cc2)nc2cc(C=O)oc12. The van der Waals surface area contributed by atoms with Crippen LogP contribution in [-0.2, 0) is 0 Å². The van der Waals surface area contributed by atoms with E-state index >= 15 is 0 Å². The van der Waals surface area contributed by atoms with Gasteiger partial charge in [0.1, 0.15) is 11.3 Å². The summed E-state index contributed by atoms with van der Waals surface area (Å²) in [6.07, 6.45) is 0.642. The summed E-state index contributed by atoms with van der Waals surface area (Å²) in [4.78, 5) is 19.8. The van der Waals surface area contributed by atoms with E-state index in [1.54, 1.807) is 18.2 Å². The van der Waals surface area contributed by atoms with Gasteiger partial charge in [-0.1, -0.05) is 13.8 Å². The van der Waals surface area contributed by atoms with Crippen molar-refractivity contribution in [2.24, 2.45) is 0 Å². The molecular formula is C16H13FN2O2. The second-order valence-electron chi connectivity index (χ2n) is 5.08. The van der Waals surface area contributed by atoms with Crippen LogP contribution in [-0.4, -0.2) is 16.3 Å². The molecule has 0 aliphatic rings. The fraction of sp³-hybridized carbons (Fsp3) is 0.188. The van der Waals surface area contributed by atoms with E-state index in [9.17, 15) is 9.18 Å². The van der Waals surface area contributed by atoms with Gasteiger partial charge < -0.3 is 4.42 Å². The molecule has 0 radical (unpaired) electrons. The van der Waals surface area contributed by atoms with Crippen LogP contribution in [0.5, 0.6) is 0 Å². The van der Waals surface area contributed by atoms with Crippen LogP contribution >= 0.6 is 0 Å². The molecule has 4 nitrogen and oxygen atoms in total. The number of benzene rings is 1. The third-order valence-corrected chi connectivity index (χ3v) is 3.18. The molecule has 5 heteroatoms. The minimum absolute atomic E-state index is 0.111. The lowest BCUT2D eigenvalue weighted by atomic mass is 10.1. The Labute approximate surface area is 120 Å². The van der Waals surface area contributed by atoms with Crippen molar-refractivity contribution < 1.29 is 13.6 Å². The van der Waals surface area contributed by atoms with Crippen LogP contribution < -0.4 is 0 Å². The Morgan fingerprint density at radius 3 is 2.52 bits per heavy atom. The number of fused-ring (bicyclic) bond motifs is 1. The highest BCUT2D eigenvalue weighted by atomic mass is 19.1. The van der Waals surface area contributed by atoms with Crippen LogP contribution in [0.4, 0.5) is 4.39 Å². The zero-order valence-corrected chi connectivity index (χ0v) is 11.6. The van der Waals surface area contributed by atoms with Gasteiger partial charge in [0.25, 0.3) is 0 Å². The molecule has 0 saturated carbocycles. The molecule has 3 rings (SSSR count). The molecule has 0 spiro atoms. The quantitative estimate of drug-likeness (QED) is 0.683. The van der Waals surface area contributed by atoms with Crippen molar-refractivity contribution in [1.82, 2.24) is 9.97 Å². The first kappa shape index (κ1) is 13.4. The van der Waals surface area contributed by atoms with E-state index in [2.05, 4.69) is 9.97 Å². The van der Waals surface area contributed by atoms with Crippen molar-refractivity contribution in [3.8, 4) is 11.4 Å². The fourth-order valence-electron chi connectivity index (χ4n) is 2.15. The highest BCUT2D eigenvalue weighted by Gasteiger charge is 2.16. The Balaban J connectivity index is 2.24. The Morgan fingerprint density at radius 1 is 1.19 bits per heavy atom. The number of carbonyl (C=O) groups is 1. The molecule has 0 bridgehead atoms. The molecule has 2 heterocycles. The first-order chi connectivity index (χ1) is 10.1.